The van der Waals surface area contributed by atoms with E-state index in [4.69, 9.17) is 23.8 Å². The molecule has 0 fully saturated rings. The van der Waals surface area contributed by atoms with Gasteiger partial charge >= 0.3 is 0 Å². The second-order valence-corrected chi connectivity index (χ2v) is 12.4. The first-order valence-electron chi connectivity index (χ1n) is 16.6. The number of furan rings is 2. The van der Waals surface area contributed by atoms with Gasteiger partial charge in [0.25, 0.3) is 0 Å². The van der Waals surface area contributed by atoms with Gasteiger partial charge in [0.1, 0.15) is 22.3 Å². The van der Waals surface area contributed by atoms with Gasteiger partial charge in [0.2, 0.25) is 0 Å². The van der Waals surface area contributed by atoms with Crippen LogP contribution in [0.1, 0.15) is 0 Å². The van der Waals surface area contributed by atoms with Crippen LogP contribution >= 0.6 is 0 Å². The number of hydrogen-bond acceptors (Lipinski definition) is 5. The molecule has 0 radical (unpaired) electrons. The van der Waals surface area contributed by atoms with Crippen molar-refractivity contribution in [1.29, 1.82) is 0 Å². The average molecular weight is 642 g/mol. The molecule has 0 atom stereocenters. The Labute approximate surface area is 287 Å². The Hall–Kier alpha value is -6.85. The normalized spacial score (nSPS) is 11.6. The van der Waals surface area contributed by atoms with Gasteiger partial charge in [-0.25, -0.2) is 15.0 Å². The molecule has 10 aromatic rings. The standard InChI is InChI=1S/C45H27N3O2/c1-3-10-28(11-4-1)29-18-20-31(21-19-29)43-46-44(32-22-24-39-36(26-32)35-14-7-8-16-38(35)49-39)48-45(47-43)33-23-25-40-37(27-33)42-34(15-9-17-41(42)50-40)30-12-5-2-6-13-30/h1-27H. The van der Waals surface area contributed by atoms with Crippen molar-refractivity contribution in [3.63, 3.8) is 0 Å². The van der Waals surface area contributed by atoms with Crippen LogP contribution in [0.2, 0.25) is 0 Å². The third-order valence-corrected chi connectivity index (χ3v) is 9.36. The summed E-state index contributed by atoms with van der Waals surface area (Å²) < 4.78 is 12.5. The topological polar surface area (TPSA) is 65.0 Å². The van der Waals surface area contributed by atoms with E-state index in [1.54, 1.807) is 0 Å². The highest BCUT2D eigenvalue weighted by Crippen LogP contribution is 2.39. The molecule has 10 rings (SSSR count). The Morgan fingerprint density at radius 3 is 1.50 bits per heavy atom. The first-order valence-corrected chi connectivity index (χ1v) is 16.6. The molecule has 0 aliphatic carbocycles. The van der Waals surface area contributed by atoms with Crippen molar-refractivity contribution in [2.24, 2.45) is 0 Å². The molecule has 5 nitrogen and oxygen atoms in total. The van der Waals surface area contributed by atoms with Gasteiger partial charge in [0, 0.05) is 38.2 Å². The molecule has 3 aromatic heterocycles. The molecule has 0 N–H and O–H groups in total. The minimum absolute atomic E-state index is 0.586. The molecule has 7 aromatic carbocycles. The molecule has 0 spiro atoms. The molecule has 0 unspecified atom stereocenters. The Balaban J connectivity index is 1.16. The SMILES string of the molecule is c1ccc(-c2ccc(-c3nc(-c4ccc5oc6ccccc6c5c4)nc(-c4ccc5oc6cccc(-c7ccccc7)c6c5c4)n3)cc2)cc1. The van der Waals surface area contributed by atoms with Gasteiger partial charge in [-0.1, -0.05) is 115 Å². The summed E-state index contributed by atoms with van der Waals surface area (Å²) in [5, 5.41) is 4.16. The third-order valence-electron chi connectivity index (χ3n) is 9.36. The van der Waals surface area contributed by atoms with E-state index in [9.17, 15) is 0 Å². The lowest BCUT2D eigenvalue weighted by Crippen LogP contribution is -2.00. The predicted octanol–water partition coefficient (Wildman–Crippen LogP) is 12.0. The minimum atomic E-state index is 0.586. The fourth-order valence-electron chi connectivity index (χ4n) is 6.89. The molecule has 3 heterocycles. The number of aromatic nitrogens is 3. The van der Waals surface area contributed by atoms with E-state index in [-0.39, 0.29) is 0 Å². The highest BCUT2D eigenvalue weighted by atomic mass is 16.3. The number of fused-ring (bicyclic) bond motifs is 6. The second-order valence-electron chi connectivity index (χ2n) is 12.4. The zero-order valence-electron chi connectivity index (χ0n) is 26.7. The van der Waals surface area contributed by atoms with E-state index < -0.39 is 0 Å². The van der Waals surface area contributed by atoms with Crippen molar-refractivity contribution in [3.8, 4) is 56.4 Å². The van der Waals surface area contributed by atoms with Crippen LogP contribution in [0.25, 0.3) is 100 Å². The maximum Gasteiger partial charge on any atom is 0.164 e. The van der Waals surface area contributed by atoms with Crippen molar-refractivity contribution < 1.29 is 8.83 Å². The van der Waals surface area contributed by atoms with Gasteiger partial charge in [-0.2, -0.15) is 0 Å². The predicted molar refractivity (Wildman–Crippen MR) is 202 cm³/mol. The molecule has 0 saturated heterocycles. The fraction of sp³-hybridized carbons (Fsp3) is 0. The summed E-state index contributed by atoms with van der Waals surface area (Å²) in [4.78, 5) is 15.2. The summed E-state index contributed by atoms with van der Waals surface area (Å²) in [5.74, 6) is 1.78. The summed E-state index contributed by atoms with van der Waals surface area (Å²) >= 11 is 0. The Morgan fingerprint density at radius 2 is 0.780 bits per heavy atom. The Morgan fingerprint density at radius 1 is 0.300 bits per heavy atom. The van der Waals surface area contributed by atoms with Crippen LogP contribution in [0, 0.1) is 0 Å². The number of para-hydroxylation sites is 1. The smallest absolute Gasteiger partial charge is 0.164 e. The zero-order valence-corrected chi connectivity index (χ0v) is 26.7. The van der Waals surface area contributed by atoms with Crippen LogP contribution in [-0.2, 0) is 0 Å². The first-order chi connectivity index (χ1) is 24.7. The average Bonchev–Trinajstić information content (AvgIpc) is 3.76. The highest BCUT2D eigenvalue weighted by Gasteiger charge is 2.18. The molecule has 0 amide bonds. The molecule has 0 aliphatic heterocycles. The molecule has 5 heteroatoms. The molecular formula is C45H27N3O2. The highest BCUT2D eigenvalue weighted by molar-refractivity contribution is 6.13. The van der Waals surface area contributed by atoms with E-state index >= 15 is 0 Å². The maximum absolute atomic E-state index is 6.35. The Kier molecular flexibility index (Phi) is 6.42. The van der Waals surface area contributed by atoms with E-state index in [2.05, 4.69) is 97.1 Å². The molecule has 50 heavy (non-hydrogen) atoms. The molecule has 234 valence electrons. The van der Waals surface area contributed by atoms with Gasteiger partial charge in [-0.05, 0) is 70.8 Å². The molecular weight excluding hydrogens is 615 g/mol. The fourth-order valence-corrected chi connectivity index (χ4v) is 6.89. The van der Waals surface area contributed by atoms with Crippen LogP contribution in [0.3, 0.4) is 0 Å². The van der Waals surface area contributed by atoms with Crippen LogP contribution in [0.5, 0.6) is 0 Å². The quantitative estimate of drug-likeness (QED) is 0.187. The summed E-state index contributed by atoms with van der Waals surface area (Å²) in [7, 11) is 0. The summed E-state index contributed by atoms with van der Waals surface area (Å²) in [6.45, 7) is 0. The van der Waals surface area contributed by atoms with Crippen molar-refractivity contribution in [2.45, 2.75) is 0 Å². The van der Waals surface area contributed by atoms with Gasteiger partial charge in [0.05, 0.1) is 0 Å². The van der Waals surface area contributed by atoms with Crippen LogP contribution in [0.15, 0.2) is 173 Å². The zero-order chi connectivity index (χ0) is 33.0. The Bertz CT molecular complexity index is 2850. The van der Waals surface area contributed by atoms with Gasteiger partial charge in [-0.15, -0.1) is 0 Å². The van der Waals surface area contributed by atoms with Crippen molar-refractivity contribution in [3.05, 3.63) is 164 Å². The molecule has 0 saturated carbocycles. The third kappa shape index (κ3) is 4.75. The van der Waals surface area contributed by atoms with Gasteiger partial charge < -0.3 is 8.83 Å². The van der Waals surface area contributed by atoms with E-state index in [1.165, 1.54) is 0 Å². The van der Waals surface area contributed by atoms with Crippen LogP contribution in [-0.4, -0.2) is 15.0 Å². The summed E-state index contributed by atoms with van der Waals surface area (Å²) in [6, 6.07) is 55.8. The second kappa shape index (κ2) is 11.4. The van der Waals surface area contributed by atoms with Crippen LogP contribution in [0.4, 0.5) is 0 Å². The number of hydrogen-bond donors (Lipinski definition) is 0. The monoisotopic (exact) mass is 641 g/mol. The van der Waals surface area contributed by atoms with E-state index in [0.29, 0.717) is 17.5 Å². The molecule has 0 aliphatic rings. The van der Waals surface area contributed by atoms with Crippen molar-refractivity contribution in [2.75, 3.05) is 0 Å². The molecule has 0 bridgehead atoms. The lowest BCUT2D eigenvalue weighted by molar-refractivity contribution is 0.668. The maximum atomic E-state index is 6.35. The van der Waals surface area contributed by atoms with Crippen molar-refractivity contribution in [1.82, 2.24) is 15.0 Å². The van der Waals surface area contributed by atoms with Gasteiger partial charge in [-0.3, -0.25) is 0 Å². The number of nitrogens with zero attached hydrogens (tertiary/aromatic N) is 3. The van der Waals surface area contributed by atoms with Crippen LogP contribution < -0.4 is 0 Å². The van der Waals surface area contributed by atoms with E-state index in [1.807, 2.05) is 66.7 Å². The summed E-state index contributed by atoms with van der Waals surface area (Å²) in [6.07, 6.45) is 0. The first kappa shape index (κ1) is 28.2. The lowest BCUT2D eigenvalue weighted by Gasteiger charge is -2.10. The number of benzene rings is 7. The van der Waals surface area contributed by atoms with Gasteiger partial charge in [0.15, 0.2) is 17.5 Å². The largest absolute Gasteiger partial charge is 0.456 e. The summed E-state index contributed by atoms with van der Waals surface area (Å²) in [5.41, 5.74) is 10.6. The minimum Gasteiger partial charge on any atom is -0.456 e. The van der Waals surface area contributed by atoms with Crippen molar-refractivity contribution >= 4 is 43.9 Å². The number of rotatable bonds is 5. The van der Waals surface area contributed by atoms with E-state index in [0.717, 1.165) is 82.8 Å². The lowest BCUT2D eigenvalue weighted by atomic mass is 9.99.